The van der Waals surface area contributed by atoms with Gasteiger partial charge in [0.15, 0.2) is 5.96 Å². The number of amides is 1. The van der Waals surface area contributed by atoms with Crippen molar-refractivity contribution in [3.63, 3.8) is 0 Å². The molecule has 2 atom stereocenters. The molecule has 5 heteroatoms. The summed E-state index contributed by atoms with van der Waals surface area (Å²) in [5.74, 6) is 3.07. The van der Waals surface area contributed by atoms with E-state index in [1.807, 2.05) is 4.90 Å². The summed E-state index contributed by atoms with van der Waals surface area (Å²) in [5.41, 5.74) is 0. The van der Waals surface area contributed by atoms with E-state index < -0.39 is 0 Å². The topological polar surface area (TPSA) is 47.9 Å². The fraction of sp³-hybridized carbons (Fsp3) is 0.889. The maximum Gasteiger partial charge on any atom is 0.219 e. The predicted octanol–water partition coefficient (Wildman–Crippen LogP) is 2.08. The van der Waals surface area contributed by atoms with E-state index >= 15 is 0 Å². The highest BCUT2D eigenvalue weighted by Gasteiger charge is 2.43. The monoisotopic (exact) mass is 320 g/mol. The maximum absolute atomic E-state index is 11.5. The SMILES string of the molecule is CCN=C(NC1CC1C1CCCCC1)N1CCN(C(C)=O)CC1. The van der Waals surface area contributed by atoms with Crippen molar-refractivity contribution in [3.05, 3.63) is 0 Å². The Hall–Kier alpha value is -1.26. The second-order valence-corrected chi connectivity index (χ2v) is 7.34. The van der Waals surface area contributed by atoms with Crippen LogP contribution in [0.4, 0.5) is 0 Å². The minimum atomic E-state index is 0.186. The second-order valence-electron chi connectivity index (χ2n) is 7.34. The van der Waals surface area contributed by atoms with Gasteiger partial charge in [0.1, 0.15) is 0 Å². The lowest BCUT2D eigenvalue weighted by molar-refractivity contribution is -0.130. The van der Waals surface area contributed by atoms with Crippen LogP contribution in [0.1, 0.15) is 52.4 Å². The van der Waals surface area contributed by atoms with Gasteiger partial charge in [0.25, 0.3) is 0 Å². The largest absolute Gasteiger partial charge is 0.353 e. The van der Waals surface area contributed by atoms with Gasteiger partial charge in [-0.3, -0.25) is 9.79 Å². The number of nitrogens with zero attached hydrogens (tertiary/aromatic N) is 3. The molecule has 1 N–H and O–H groups in total. The molecule has 1 saturated heterocycles. The van der Waals surface area contributed by atoms with E-state index in [1.165, 1.54) is 38.5 Å². The quantitative estimate of drug-likeness (QED) is 0.640. The summed E-state index contributed by atoms with van der Waals surface area (Å²) in [5, 5.41) is 3.73. The molecule has 2 saturated carbocycles. The van der Waals surface area contributed by atoms with Crippen molar-refractivity contribution in [3.8, 4) is 0 Å². The van der Waals surface area contributed by atoms with Gasteiger partial charge in [-0.2, -0.15) is 0 Å². The molecule has 130 valence electrons. The van der Waals surface area contributed by atoms with E-state index in [9.17, 15) is 4.79 Å². The maximum atomic E-state index is 11.5. The van der Waals surface area contributed by atoms with Crippen molar-refractivity contribution in [2.75, 3.05) is 32.7 Å². The predicted molar refractivity (Wildman–Crippen MR) is 93.4 cm³/mol. The third-order valence-electron chi connectivity index (χ3n) is 5.74. The highest BCUT2D eigenvalue weighted by molar-refractivity contribution is 5.81. The Morgan fingerprint density at radius 2 is 1.74 bits per heavy atom. The standard InChI is InChI=1S/C18H32N4O/c1-3-19-18(22-11-9-21(10-12-22)14(2)23)20-17-13-16(17)15-7-5-4-6-8-15/h15-17H,3-13H2,1-2H3,(H,19,20). The summed E-state index contributed by atoms with van der Waals surface area (Å²) < 4.78 is 0. The highest BCUT2D eigenvalue weighted by Crippen LogP contribution is 2.44. The first-order chi connectivity index (χ1) is 11.2. The lowest BCUT2D eigenvalue weighted by Gasteiger charge is -2.36. The first-order valence-corrected chi connectivity index (χ1v) is 9.50. The Bertz CT molecular complexity index is 436. The number of hydrogen-bond donors (Lipinski definition) is 1. The van der Waals surface area contributed by atoms with Gasteiger partial charge in [-0.25, -0.2) is 0 Å². The van der Waals surface area contributed by atoms with E-state index in [2.05, 4.69) is 17.1 Å². The van der Waals surface area contributed by atoms with Crippen LogP contribution in [0.25, 0.3) is 0 Å². The van der Waals surface area contributed by atoms with Gasteiger partial charge in [-0.15, -0.1) is 0 Å². The number of aliphatic imine (C=N–C) groups is 1. The molecule has 0 bridgehead atoms. The molecular formula is C18H32N4O. The van der Waals surface area contributed by atoms with Crippen LogP contribution in [0, 0.1) is 11.8 Å². The molecule has 3 rings (SSSR count). The highest BCUT2D eigenvalue weighted by atomic mass is 16.2. The van der Waals surface area contributed by atoms with Crippen molar-refractivity contribution in [1.82, 2.24) is 15.1 Å². The van der Waals surface area contributed by atoms with E-state index in [1.54, 1.807) is 6.92 Å². The molecule has 1 amide bonds. The number of guanidine groups is 1. The molecule has 2 unspecified atom stereocenters. The van der Waals surface area contributed by atoms with Gasteiger partial charge in [0, 0.05) is 45.7 Å². The smallest absolute Gasteiger partial charge is 0.219 e. The minimum absolute atomic E-state index is 0.186. The van der Waals surface area contributed by atoms with E-state index in [4.69, 9.17) is 4.99 Å². The summed E-state index contributed by atoms with van der Waals surface area (Å²) in [6.07, 6.45) is 8.47. The van der Waals surface area contributed by atoms with Crippen LogP contribution < -0.4 is 5.32 Å². The normalized spacial score (nSPS) is 29.6. The fourth-order valence-corrected chi connectivity index (χ4v) is 4.25. The molecule has 3 aliphatic rings. The van der Waals surface area contributed by atoms with Crippen LogP contribution in [0.3, 0.4) is 0 Å². The minimum Gasteiger partial charge on any atom is -0.353 e. The Morgan fingerprint density at radius 3 is 2.35 bits per heavy atom. The van der Waals surface area contributed by atoms with Crippen LogP contribution in [0.5, 0.6) is 0 Å². The zero-order valence-corrected chi connectivity index (χ0v) is 14.8. The van der Waals surface area contributed by atoms with Gasteiger partial charge >= 0.3 is 0 Å². The van der Waals surface area contributed by atoms with Crippen molar-refractivity contribution >= 4 is 11.9 Å². The zero-order chi connectivity index (χ0) is 16.2. The van der Waals surface area contributed by atoms with Gasteiger partial charge in [0.2, 0.25) is 5.91 Å². The fourth-order valence-electron chi connectivity index (χ4n) is 4.25. The van der Waals surface area contributed by atoms with Gasteiger partial charge in [0.05, 0.1) is 0 Å². The van der Waals surface area contributed by atoms with Crippen molar-refractivity contribution in [2.45, 2.75) is 58.4 Å². The van der Waals surface area contributed by atoms with Crippen molar-refractivity contribution in [1.29, 1.82) is 0 Å². The summed E-state index contributed by atoms with van der Waals surface area (Å²) in [7, 11) is 0. The Kier molecular flexibility index (Phi) is 5.44. The zero-order valence-electron chi connectivity index (χ0n) is 14.8. The van der Waals surface area contributed by atoms with Gasteiger partial charge in [-0.05, 0) is 25.2 Å². The molecule has 0 aromatic heterocycles. The lowest BCUT2D eigenvalue weighted by Crippen LogP contribution is -2.54. The molecule has 0 aromatic carbocycles. The number of rotatable bonds is 3. The molecule has 1 aliphatic heterocycles. The second kappa shape index (κ2) is 7.54. The van der Waals surface area contributed by atoms with Crippen LogP contribution in [-0.2, 0) is 4.79 Å². The van der Waals surface area contributed by atoms with Crippen molar-refractivity contribution in [2.24, 2.45) is 16.8 Å². The van der Waals surface area contributed by atoms with Crippen LogP contribution >= 0.6 is 0 Å². The summed E-state index contributed by atoms with van der Waals surface area (Å²) in [6, 6.07) is 0.634. The molecule has 0 aromatic rings. The van der Waals surface area contributed by atoms with E-state index in [0.29, 0.717) is 6.04 Å². The molecule has 2 aliphatic carbocycles. The third kappa shape index (κ3) is 4.18. The van der Waals surface area contributed by atoms with Crippen LogP contribution in [0.2, 0.25) is 0 Å². The molecule has 3 fully saturated rings. The lowest BCUT2D eigenvalue weighted by atomic mass is 9.85. The first kappa shape index (κ1) is 16.6. The van der Waals surface area contributed by atoms with Gasteiger partial charge < -0.3 is 15.1 Å². The Balaban J connectivity index is 1.50. The van der Waals surface area contributed by atoms with Crippen LogP contribution in [0.15, 0.2) is 4.99 Å². The molecule has 0 spiro atoms. The molecular weight excluding hydrogens is 288 g/mol. The average molecular weight is 320 g/mol. The van der Waals surface area contributed by atoms with Gasteiger partial charge in [-0.1, -0.05) is 32.1 Å². The van der Waals surface area contributed by atoms with E-state index in [-0.39, 0.29) is 5.91 Å². The summed E-state index contributed by atoms with van der Waals surface area (Å²) in [4.78, 5) is 20.4. The Morgan fingerprint density at radius 1 is 1.09 bits per heavy atom. The molecule has 0 radical (unpaired) electrons. The van der Waals surface area contributed by atoms with Crippen molar-refractivity contribution < 1.29 is 4.79 Å². The molecule has 23 heavy (non-hydrogen) atoms. The average Bonchev–Trinajstić information content (AvgIpc) is 3.35. The number of carbonyl (C=O) groups is 1. The summed E-state index contributed by atoms with van der Waals surface area (Å²) in [6.45, 7) is 7.99. The number of piperazine rings is 1. The van der Waals surface area contributed by atoms with E-state index in [0.717, 1.165) is 50.5 Å². The molecule has 5 nitrogen and oxygen atoms in total. The number of nitrogens with one attached hydrogen (secondary N) is 1. The number of hydrogen-bond acceptors (Lipinski definition) is 2. The van der Waals surface area contributed by atoms with Crippen LogP contribution in [-0.4, -0.2) is 60.4 Å². The summed E-state index contributed by atoms with van der Waals surface area (Å²) >= 11 is 0. The third-order valence-corrected chi connectivity index (χ3v) is 5.74. The first-order valence-electron chi connectivity index (χ1n) is 9.50. The molecule has 1 heterocycles. The number of carbonyl (C=O) groups excluding carboxylic acids is 1. The Labute approximate surface area is 140 Å².